The Hall–Kier alpha value is -0.360. The highest BCUT2D eigenvalue weighted by Crippen LogP contribution is 2.32. The third-order valence-corrected chi connectivity index (χ3v) is 3.47. The molecule has 0 fully saturated rings. The molecule has 6 heteroatoms. The molecule has 0 amide bonds. The van der Waals surface area contributed by atoms with Crippen molar-refractivity contribution in [1.82, 2.24) is 0 Å². The van der Waals surface area contributed by atoms with Gasteiger partial charge in [0.25, 0.3) is 0 Å². The average molecular weight is 300 g/mol. The molecule has 1 unspecified atom stereocenters. The predicted molar refractivity (Wildman–Crippen MR) is 47.0 cm³/mol. The second-order valence-corrected chi connectivity index (χ2v) is 3.80. The van der Waals surface area contributed by atoms with E-state index in [2.05, 4.69) is 31.9 Å². The highest BCUT2D eigenvalue weighted by atomic mass is 79.9. The number of rotatable bonds is 2. The lowest BCUT2D eigenvalue weighted by atomic mass is 10.2. The summed E-state index contributed by atoms with van der Waals surface area (Å²) in [5.74, 6) is -1.54. The van der Waals surface area contributed by atoms with E-state index in [9.17, 15) is 9.59 Å². The number of carboxylic acids is 1. The van der Waals surface area contributed by atoms with E-state index in [4.69, 9.17) is 9.84 Å². The molecule has 1 rings (SSSR count). The summed E-state index contributed by atoms with van der Waals surface area (Å²) in [7, 11) is 0. The standard InChI is InChI=1S/C6H4Br2O4/c7-4-2(1-3(9)10)12-6(11)5(4)8/h2H,1H2,(H,9,10). The van der Waals surface area contributed by atoms with Crippen molar-refractivity contribution in [2.45, 2.75) is 12.5 Å². The monoisotopic (exact) mass is 298 g/mol. The molecule has 0 aromatic carbocycles. The molecule has 1 atom stereocenters. The van der Waals surface area contributed by atoms with Crippen molar-refractivity contribution in [3.05, 3.63) is 8.96 Å². The predicted octanol–water partition coefficient (Wildman–Crippen LogP) is 1.39. The lowest BCUT2D eigenvalue weighted by molar-refractivity contribution is -0.144. The van der Waals surface area contributed by atoms with Crippen LogP contribution in [0.25, 0.3) is 0 Å². The maximum absolute atomic E-state index is 10.8. The van der Waals surface area contributed by atoms with Crippen LogP contribution in [0.15, 0.2) is 8.96 Å². The number of hydrogen-bond donors (Lipinski definition) is 1. The number of halogens is 2. The van der Waals surface area contributed by atoms with Gasteiger partial charge >= 0.3 is 11.9 Å². The molecule has 0 saturated carbocycles. The molecular formula is C6H4Br2O4. The third kappa shape index (κ3) is 1.87. The van der Waals surface area contributed by atoms with Crippen LogP contribution in [-0.4, -0.2) is 23.1 Å². The molecule has 0 aliphatic carbocycles. The van der Waals surface area contributed by atoms with Crippen LogP contribution in [0, 0.1) is 0 Å². The molecule has 66 valence electrons. The van der Waals surface area contributed by atoms with E-state index in [1.807, 2.05) is 0 Å². The number of ether oxygens (including phenoxy) is 1. The van der Waals surface area contributed by atoms with E-state index in [0.717, 1.165) is 0 Å². The molecule has 1 N–H and O–H groups in total. The van der Waals surface area contributed by atoms with E-state index >= 15 is 0 Å². The van der Waals surface area contributed by atoms with Crippen LogP contribution < -0.4 is 0 Å². The molecule has 4 nitrogen and oxygen atoms in total. The van der Waals surface area contributed by atoms with Gasteiger partial charge in [-0.2, -0.15) is 0 Å². The van der Waals surface area contributed by atoms with Gasteiger partial charge < -0.3 is 9.84 Å². The second kappa shape index (κ2) is 3.57. The number of esters is 1. The summed E-state index contributed by atoms with van der Waals surface area (Å²) in [6, 6.07) is 0. The minimum absolute atomic E-state index is 0.221. The number of carboxylic acid groups (broad SMARTS) is 1. The first-order valence-electron chi connectivity index (χ1n) is 3.00. The van der Waals surface area contributed by atoms with Gasteiger partial charge in [0, 0.05) is 0 Å². The number of carbonyl (C=O) groups is 2. The molecule has 0 bridgehead atoms. The Morgan fingerprint density at radius 1 is 1.58 bits per heavy atom. The summed E-state index contributed by atoms with van der Waals surface area (Å²) < 4.78 is 5.42. The molecule has 1 aliphatic heterocycles. The van der Waals surface area contributed by atoms with Crippen LogP contribution in [0.2, 0.25) is 0 Å². The van der Waals surface area contributed by atoms with Crippen LogP contribution in [0.5, 0.6) is 0 Å². The van der Waals surface area contributed by atoms with E-state index < -0.39 is 18.0 Å². The third-order valence-electron chi connectivity index (χ3n) is 1.28. The number of carbonyl (C=O) groups excluding carboxylic acids is 1. The Balaban J connectivity index is 2.73. The van der Waals surface area contributed by atoms with Gasteiger partial charge in [0.1, 0.15) is 10.6 Å². The lowest BCUT2D eigenvalue weighted by Crippen LogP contribution is -2.14. The number of hydrogen-bond acceptors (Lipinski definition) is 3. The van der Waals surface area contributed by atoms with Crippen LogP contribution in [0.1, 0.15) is 6.42 Å². The summed E-state index contributed by atoms with van der Waals surface area (Å²) in [6.45, 7) is 0. The maximum atomic E-state index is 10.8. The molecule has 0 spiro atoms. The van der Waals surface area contributed by atoms with Gasteiger partial charge in [0.15, 0.2) is 0 Å². The normalized spacial score (nSPS) is 22.8. The summed E-state index contributed by atoms with van der Waals surface area (Å²) in [4.78, 5) is 21.1. The molecule has 0 radical (unpaired) electrons. The first-order chi connectivity index (χ1) is 5.52. The van der Waals surface area contributed by atoms with E-state index in [-0.39, 0.29) is 10.9 Å². The summed E-state index contributed by atoms with van der Waals surface area (Å²) in [6.07, 6.45) is -0.911. The average Bonchev–Trinajstić information content (AvgIpc) is 2.17. The van der Waals surface area contributed by atoms with Crippen LogP contribution in [0.3, 0.4) is 0 Å². The second-order valence-electron chi connectivity index (χ2n) is 2.15. The first kappa shape index (κ1) is 9.73. The van der Waals surface area contributed by atoms with Crippen molar-refractivity contribution < 1.29 is 19.4 Å². The van der Waals surface area contributed by atoms with E-state index in [1.54, 1.807) is 0 Å². The van der Waals surface area contributed by atoms with Gasteiger partial charge in [-0.05, 0) is 15.9 Å². The Bertz CT molecular complexity index is 271. The highest BCUT2D eigenvalue weighted by molar-refractivity contribution is 9.14. The molecule has 1 heterocycles. The molecule has 12 heavy (non-hydrogen) atoms. The molecule has 0 saturated heterocycles. The molecular weight excluding hydrogens is 296 g/mol. The minimum atomic E-state index is -1.01. The maximum Gasteiger partial charge on any atom is 0.346 e. The number of cyclic esters (lactones) is 1. The van der Waals surface area contributed by atoms with Crippen LogP contribution in [0.4, 0.5) is 0 Å². The highest BCUT2D eigenvalue weighted by Gasteiger charge is 2.32. The van der Waals surface area contributed by atoms with Crippen LogP contribution in [-0.2, 0) is 14.3 Å². The zero-order valence-corrected chi connectivity index (χ0v) is 8.88. The van der Waals surface area contributed by atoms with Crippen LogP contribution >= 0.6 is 31.9 Å². The van der Waals surface area contributed by atoms with Gasteiger partial charge in [-0.25, -0.2) is 4.79 Å². The Morgan fingerprint density at radius 3 is 2.50 bits per heavy atom. The van der Waals surface area contributed by atoms with Crippen molar-refractivity contribution in [3.63, 3.8) is 0 Å². The SMILES string of the molecule is O=C(O)CC1OC(=O)C(Br)=C1Br. The van der Waals surface area contributed by atoms with Crippen molar-refractivity contribution in [2.75, 3.05) is 0 Å². The minimum Gasteiger partial charge on any atom is -0.481 e. The van der Waals surface area contributed by atoms with Gasteiger partial charge in [-0.3, -0.25) is 4.79 Å². The van der Waals surface area contributed by atoms with Crippen molar-refractivity contribution in [3.8, 4) is 0 Å². The quantitative estimate of drug-likeness (QED) is 0.783. The van der Waals surface area contributed by atoms with Gasteiger partial charge in [-0.1, -0.05) is 15.9 Å². The van der Waals surface area contributed by atoms with E-state index in [1.165, 1.54) is 0 Å². The molecule has 0 aromatic heterocycles. The first-order valence-corrected chi connectivity index (χ1v) is 4.59. The zero-order valence-electron chi connectivity index (χ0n) is 5.71. The molecule has 1 aliphatic rings. The summed E-state index contributed by atoms with van der Waals surface area (Å²) >= 11 is 6.03. The summed E-state index contributed by atoms with van der Waals surface area (Å²) in [5, 5.41) is 8.41. The Labute approximate surface area is 84.8 Å². The fourth-order valence-corrected chi connectivity index (χ4v) is 1.53. The van der Waals surface area contributed by atoms with Crippen molar-refractivity contribution in [2.24, 2.45) is 0 Å². The van der Waals surface area contributed by atoms with E-state index in [0.29, 0.717) is 4.48 Å². The smallest absolute Gasteiger partial charge is 0.346 e. The number of aliphatic carboxylic acids is 1. The largest absolute Gasteiger partial charge is 0.481 e. The fraction of sp³-hybridized carbons (Fsp3) is 0.333. The van der Waals surface area contributed by atoms with Crippen molar-refractivity contribution >= 4 is 43.8 Å². The Morgan fingerprint density at radius 2 is 2.17 bits per heavy atom. The Kier molecular flexibility index (Phi) is 2.89. The topological polar surface area (TPSA) is 63.6 Å². The molecule has 0 aromatic rings. The summed E-state index contributed by atoms with van der Waals surface area (Å²) in [5.41, 5.74) is 0. The fourth-order valence-electron chi connectivity index (χ4n) is 0.761. The van der Waals surface area contributed by atoms with Crippen molar-refractivity contribution in [1.29, 1.82) is 0 Å². The van der Waals surface area contributed by atoms with Gasteiger partial charge in [0.2, 0.25) is 0 Å². The van der Waals surface area contributed by atoms with Gasteiger partial charge in [0.05, 0.1) is 10.9 Å². The van der Waals surface area contributed by atoms with Gasteiger partial charge in [-0.15, -0.1) is 0 Å². The lowest BCUT2D eigenvalue weighted by Gasteiger charge is -2.05. The zero-order chi connectivity index (χ0) is 9.30.